The van der Waals surface area contributed by atoms with Crippen LogP contribution in [0.25, 0.3) is 0 Å². The summed E-state index contributed by atoms with van der Waals surface area (Å²) in [4.78, 5) is 4.28. The Morgan fingerprint density at radius 2 is 2.54 bits per heavy atom. The predicted octanol–water partition coefficient (Wildman–Crippen LogP) is 0.770. The minimum absolute atomic E-state index is 0.143. The molecule has 0 aromatic carbocycles. The summed E-state index contributed by atoms with van der Waals surface area (Å²) in [6.07, 6.45) is 5.84. The number of aryl methyl sites for hydroxylation is 1. The van der Waals surface area contributed by atoms with Crippen molar-refractivity contribution in [1.29, 1.82) is 0 Å². The van der Waals surface area contributed by atoms with Crippen LogP contribution >= 0.6 is 11.8 Å². The molecule has 74 valence electrons. The molecule has 0 bridgehead atoms. The number of thioether (sulfide) groups is 1. The molecule has 13 heavy (non-hydrogen) atoms. The van der Waals surface area contributed by atoms with Gasteiger partial charge >= 0.3 is 0 Å². The lowest BCUT2D eigenvalue weighted by atomic mass is 10.3. The molecule has 0 aliphatic heterocycles. The van der Waals surface area contributed by atoms with E-state index in [9.17, 15) is 0 Å². The molecule has 4 nitrogen and oxygen atoms in total. The summed E-state index contributed by atoms with van der Waals surface area (Å²) in [5.41, 5.74) is 2.78. The molecular weight excluding hydrogens is 184 g/mol. The SMILES string of the molecule is CCn1ccnc1C(CSC)NN. The molecule has 1 rings (SSSR count). The third kappa shape index (κ3) is 2.46. The fourth-order valence-corrected chi connectivity index (χ4v) is 1.84. The molecule has 1 aromatic rings. The van der Waals surface area contributed by atoms with Gasteiger partial charge in [-0.15, -0.1) is 0 Å². The summed E-state index contributed by atoms with van der Waals surface area (Å²) in [6.45, 7) is 3.03. The molecule has 1 aromatic heterocycles. The van der Waals surface area contributed by atoms with Crippen LogP contribution in [0, 0.1) is 0 Å². The topological polar surface area (TPSA) is 55.9 Å². The first-order chi connectivity index (χ1) is 6.33. The number of nitrogens with two attached hydrogens (primary N) is 1. The molecule has 3 N–H and O–H groups in total. The number of nitrogens with zero attached hydrogens (tertiary/aromatic N) is 2. The van der Waals surface area contributed by atoms with Crippen LogP contribution < -0.4 is 11.3 Å². The molecule has 0 fully saturated rings. The Kier molecular flexibility index (Phi) is 4.27. The highest BCUT2D eigenvalue weighted by molar-refractivity contribution is 7.98. The van der Waals surface area contributed by atoms with Gasteiger partial charge in [0.2, 0.25) is 0 Å². The number of aromatic nitrogens is 2. The van der Waals surface area contributed by atoms with Gasteiger partial charge in [0.05, 0.1) is 6.04 Å². The largest absolute Gasteiger partial charge is 0.334 e. The van der Waals surface area contributed by atoms with E-state index in [4.69, 9.17) is 5.84 Å². The second-order valence-electron chi connectivity index (χ2n) is 2.75. The normalized spacial score (nSPS) is 13.2. The van der Waals surface area contributed by atoms with Gasteiger partial charge in [-0.05, 0) is 13.2 Å². The van der Waals surface area contributed by atoms with Crippen LogP contribution in [0.15, 0.2) is 12.4 Å². The van der Waals surface area contributed by atoms with Crippen molar-refractivity contribution in [3.8, 4) is 0 Å². The minimum Gasteiger partial charge on any atom is -0.334 e. The monoisotopic (exact) mass is 200 g/mol. The molecule has 1 heterocycles. The molecule has 5 heteroatoms. The summed E-state index contributed by atoms with van der Waals surface area (Å²) in [6, 6.07) is 0.143. The van der Waals surface area contributed by atoms with E-state index in [-0.39, 0.29) is 6.04 Å². The van der Waals surface area contributed by atoms with Gasteiger partial charge in [0.1, 0.15) is 5.82 Å². The fourth-order valence-electron chi connectivity index (χ4n) is 1.26. The van der Waals surface area contributed by atoms with Crippen LogP contribution in [0.1, 0.15) is 18.8 Å². The van der Waals surface area contributed by atoms with Crippen LogP contribution in [-0.2, 0) is 6.54 Å². The van der Waals surface area contributed by atoms with E-state index in [1.165, 1.54) is 0 Å². The first-order valence-corrected chi connectivity index (χ1v) is 5.69. The van der Waals surface area contributed by atoms with E-state index in [1.54, 1.807) is 11.8 Å². The maximum atomic E-state index is 5.46. The Balaban J connectivity index is 2.77. The third-order valence-corrected chi connectivity index (χ3v) is 2.60. The molecule has 1 atom stereocenters. The Bertz CT molecular complexity index is 248. The van der Waals surface area contributed by atoms with Crippen molar-refractivity contribution < 1.29 is 0 Å². The summed E-state index contributed by atoms with van der Waals surface area (Å²) in [7, 11) is 0. The highest BCUT2D eigenvalue weighted by Gasteiger charge is 2.13. The Morgan fingerprint density at radius 1 is 1.77 bits per heavy atom. The van der Waals surface area contributed by atoms with Gasteiger partial charge in [-0.25, -0.2) is 10.4 Å². The molecule has 0 amide bonds. The first-order valence-electron chi connectivity index (χ1n) is 4.29. The smallest absolute Gasteiger partial charge is 0.128 e. The van der Waals surface area contributed by atoms with Gasteiger partial charge in [-0.3, -0.25) is 5.84 Å². The zero-order chi connectivity index (χ0) is 9.68. The lowest BCUT2D eigenvalue weighted by Gasteiger charge is -2.15. The number of imidazole rings is 1. The molecule has 0 aliphatic carbocycles. The molecule has 1 unspecified atom stereocenters. The molecule has 0 spiro atoms. The van der Waals surface area contributed by atoms with E-state index in [0.29, 0.717) is 0 Å². The number of hydrogen-bond donors (Lipinski definition) is 2. The lowest BCUT2D eigenvalue weighted by molar-refractivity contribution is 0.541. The summed E-state index contributed by atoms with van der Waals surface area (Å²) < 4.78 is 2.10. The molecule has 0 radical (unpaired) electrons. The first kappa shape index (κ1) is 10.6. The Labute approximate surface area is 82.9 Å². The quantitative estimate of drug-likeness (QED) is 0.544. The standard InChI is InChI=1S/C8H16N4S/c1-3-12-5-4-10-8(12)7(11-9)6-13-2/h4-5,7,11H,3,6,9H2,1-2H3. The highest BCUT2D eigenvalue weighted by Crippen LogP contribution is 2.14. The average Bonchev–Trinajstić information content (AvgIpc) is 2.61. The maximum Gasteiger partial charge on any atom is 0.128 e. The maximum absolute atomic E-state index is 5.46. The molecule has 0 saturated carbocycles. The number of nitrogens with one attached hydrogen (secondary N) is 1. The van der Waals surface area contributed by atoms with E-state index in [2.05, 4.69) is 28.2 Å². The van der Waals surface area contributed by atoms with Gasteiger partial charge < -0.3 is 4.57 Å². The van der Waals surface area contributed by atoms with Crippen molar-refractivity contribution in [3.05, 3.63) is 18.2 Å². The van der Waals surface area contributed by atoms with Crippen molar-refractivity contribution in [2.75, 3.05) is 12.0 Å². The number of rotatable bonds is 5. The second kappa shape index (κ2) is 5.26. The van der Waals surface area contributed by atoms with Gasteiger partial charge in [-0.1, -0.05) is 0 Å². The third-order valence-electron chi connectivity index (χ3n) is 1.93. The zero-order valence-electron chi connectivity index (χ0n) is 8.03. The van der Waals surface area contributed by atoms with Crippen molar-refractivity contribution in [2.45, 2.75) is 19.5 Å². The van der Waals surface area contributed by atoms with Crippen LogP contribution in [-0.4, -0.2) is 21.6 Å². The molecular formula is C8H16N4S. The lowest BCUT2D eigenvalue weighted by Crippen LogP contribution is -2.31. The summed E-state index contributed by atoms with van der Waals surface area (Å²) in [5, 5.41) is 0. The van der Waals surface area contributed by atoms with Gasteiger partial charge in [-0.2, -0.15) is 11.8 Å². The van der Waals surface area contributed by atoms with Crippen molar-refractivity contribution >= 4 is 11.8 Å². The van der Waals surface area contributed by atoms with E-state index in [0.717, 1.165) is 18.1 Å². The van der Waals surface area contributed by atoms with E-state index >= 15 is 0 Å². The Morgan fingerprint density at radius 3 is 3.08 bits per heavy atom. The van der Waals surface area contributed by atoms with Crippen molar-refractivity contribution in [1.82, 2.24) is 15.0 Å². The highest BCUT2D eigenvalue weighted by atomic mass is 32.2. The average molecular weight is 200 g/mol. The van der Waals surface area contributed by atoms with Gasteiger partial charge in [0.25, 0.3) is 0 Å². The van der Waals surface area contributed by atoms with Crippen molar-refractivity contribution in [3.63, 3.8) is 0 Å². The zero-order valence-corrected chi connectivity index (χ0v) is 8.84. The fraction of sp³-hybridized carbons (Fsp3) is 0.625. The second-order valence-corrected chi connectivity index (χ2v) is 3.66. The van der Waals surface area contributed by atoms with Crippen LogP contribution in [0.4, 0.5) is 0 Å². The number of hydrogen-bond acceptors (Lipinski definition) is 4. The van der Waals surface area contributed by atoms with E-state index in [1.807, 2.05) is 12.4 Å². The van der Waals surface area contributed by atoms with Gasteiger partial charge in [0, 0.05) is 24.7 Å². The van der Waals surface area contributed by atoms with Crippen molar-refractivity contribution in [2.24, 2.45) is 5.84 Å². The summed E-state index contributed by atoms with van der Waals surface area (Å²) >= 11 is 1.76. The van der Waals surface area contributed by atoms with Crippen LogP contribution in [0.2, 0.25) is 0 Å². The van der Waals surface area contributed by atoms with E-state index < -0.39 is 0 Å². The number of hydrazine groups is 1. The molecule has 0 saturated heterocycles. The molecule has 0 aliphatic rings. The summed E-state index contributed by atoms with van der Waals surface area (Å²) in [5.74, 6) is 7.41. The predicted molar refractivity (Wildman–Crippen MR) is 56.3 cm³/mol. The van der Waals surface area contributed by atoms with Crippen LogP contribution in [0.3, 0.4) is 0 Å². The van der Waals surface area contributed by atoms with Gasteiger partial charge in [0.15, 0.2) is 0 Å². The minimum atomic E-state index is 0.143. The Hall–Kier alpha value is -0.520. The van der Waals surface area contributed by atoms with Crippen LogP contribution in [0.5, 0.6) is 0 Å².